The van der Waals surface area contributed by atoms with E-state index in [1.807, 2.05) is 18.2 Å². The first-order valence-corrected chi connectivity index (χ1v) is 9.74. The Labute approximate surface area is 185 Å². The van der Waals surface area contributed by atoms with E-state index in [2.05, 4.69) is 10.3 Å². The molecule has 0 atom stereocenters. The number of carbonyl (C=O) groups excluding carboxylic acids is 1. The average molecular weight is 454 g/mol. The first-order chi connectivity index (χ1) is 15.8. The maximum Gasteiger partial charge on any atom is 0.416 e. The van der Waals surface area contributed by atoms with Gasteiger partial charge in [-0.3, -0.25) is 4.79 Å². The Kier molecular flexibility index (Phi) is 5.99. The fourth-order valence-corrected chi connectivity index (χ4v) is 3.08. The summed E-state index contributed by atoms with van der Waals surface area (Å²) in [6.07, 6.45) is -3.34. The Morgan fingerprint density at radius 1 is 0.939 bits per heavy atom. The van der Waals surface area contributed by atoms with Gasteiger partial charge in [-0.15, -0.1) is 0 Å². The lowest BCUT2D eigenvalue weighted by Gasteiger charge is -2.13. The smallest absolute Gasteiger partial charge is 0.416 e. The predicted octanol–water partition coefficient (Wildman–Crippen LogP) is 4.48. The summed E-state index contributed by atoms with van der Waals surface area (Å²) in [7, 11) is 0. The number of hydrogen-bond donors (Lipinski definition) is 1. The summed E-state index contributed by atoms with van der Waals surface area (Å²) in [4.78, 5) is 28.3. The van der Waals surface area contributed by atoms with Gasteiger partial charge >= 0.3 is 11.9 Å². The second kappa shape index (κ2) is 9.03. The molecule has 33 heavy (non-hydrogen) atoms. The van der Waals surface area contributed by atoms with Gasteiger partial charge in [-0.25, -0.2) is 14.2 Å². The van der Waals surface area contributed by atoms with Gasteiger partial charge < -0.3 is 10.1 Å². The second-order valence-electron chi connectivity index (χ2n) is 6.97. The molecule has 0 aliphatic carbocycles. The Morgan fingerprint density at radius 3 is 2.33 bits per heavy atom. The van der Waals surface area contributed by atoms with E-state index in [1.54, 1.807) is 36.4 Å². The van der Waals surface area contributed by atoms with Crippen LogP contribution in [0.4, 0.5) is 18.9 Å². The van der Waals surface area contributed by atoms with E-state index in [0.29, 0.717) is 17.2 Å². The number of alkyl halides is 3. The van der Waals surface area contributed by atoms with Crippen molar-refractivity contribution in [1.82, 2.24) is 14.3 Å². The number of nitrogens with zero attached hydrogens (tertiary/aromatic N) is 3. The van der Waals surface area contributed by atoms with Gasteiger partial charge in [0.15, 0.2) is 0 Å². The zero-order chi connectivity index (χ0) is 23.4. The summed E-state index contributed by atoms with van der Waals surface area (Å²) < 4.78 is 46.4. The highest BCUT2D eigenvalue weighted by Crippen LogP contribution is 2.29. The van der Waals surface area contributed by atoms with Gasteiger partial charge in [0.1, 0.15) is 24.4 Å². The van der Waals surface area contributed by atoms with Crippen LogP contribution in [0.15, 0.2) is 90.0 Å². The lowest BCUT2D eigenvalue weighted by Crippen LogP contribution is -2.30. The monoisotopic (exact) mass is 454 g/mol. The van der Waals surface area contributed by atoms with Gasteiger partial charge in [-0.1, -0.05) is 24.3 Å². The molecule has 0 radical (unpaired) electrons. The van der Waals surface area contributed by atoms with Gasteiger partial charge in [0, 0.05) is 11.8 Å². The topological polar surface area (TPSA) is 78.2 Å². The number of carbonyl (C=O) groups is 1. The average Bonchev–Trinajstić information content (AvgIpc) is 3.14. The quantitative estimate of drug-likeness (QED) is 0.466. The fourth-order valence-electron chi connectivity index (χ4n) is 3.08. The third-order valence-electron chi connectivity index (χ3n) is 4.61. The summed E-state index contributed by atoms with van der Waals surface area (Å²) in [6.45, 7) is -0.399. The minimum atomic E-state index is -4.48. The molecule has 7 nitrogen and oxygen atoms in total. The Morgan fingerprint density at radius 2 is 1.64 bits per heavy atom. The molecule has 1 amide bonds. The molecule has 3 aromatic carbocycles. The summed E-state index contributed by atoms with van der Waals surface area (Å²) in [6, 6.07) is 20.0. The minimum Gasteiger partial charge on any atom is -0.457 e. The lowest BCUT2D eigenvalue weighted by atomic mass is 10.2. The van der Waals surface area contributed by atoms with E-state index in [4.69, 9.17) is 4.74 Å². The van der Waals surface area contributed by atoms with Crippen molar-refractivity contribution < 1.29 is 22.7 Å². The van der Waals surface area contributed by atoms with Gasteiger partial charge in [-0.05, 0) is 48.5 Å². The zero-order valence-electron chi connectivity index (χ0n) is 17.0. The molecule has 1 aromatic heterocycles. The summed E-state index contributed by atoms with van der Waals surface area (Å²) in [5.41, 5.74) is -0.840. The number of halogens is 3. The third-order valence-corrected chi connectivity index (χ3v) is 4.61. The molecule has 168 valence electrons. The molecular weight excluding hydrogens is 437 g/mol. The zero-order valence-corrected chi connectivity index (χ0v) is 17.0. The fraction of sp³-hybridized carbons (Fsp3) is 0.0870. The van der Waals surface area contributed by atoms with Crippen molar-refractivity contribution in [3.05, 3.63) is 101 Å². The lowest BCUT2D eigenvalue weighted by molar-refractivity contribution is -0.137. The maximum absolute atomic E-state index is 12.8. The third kappa shape index (κ3) is 5.29. The van der Waals surface area contributed by atoms with Gasteiger partial charge in [0.2, 0.25) is 5.91 Å². The van der Waals surface area contributed by atoms with Crippen LogP contribution in [0.3, 0.4) is 0 Å². The molecule has 0 saturated carbocycles. The number of amides is 1. The normalized spacial score (nSPS) is 11.2. The largest absolute Gasteiger partial charge is 0.457 e. The second-order valence-corrected chi connectivity index (χ2v) is 6.97. The summed E-state index contributed by atoms with van der Waals surface area (Å²) in [5, 5.41) is 2.67. The van der Waals surface area contributed by atoms with Gasteiger partial charge in [-0.2, -0.15) is 18.2 Å². The number of rotatable bonds is 6. The van der Waals surface area contributed by atoms with E-state index < -0.39 is 29.9 Å². The number of benzene rings is 3. The number of aromatic nitrogens is 3. The van der Waals surface area contributed by atoms with Gasteiger partial charge in [0.25, 0.3) is 0 Å². The van der Waals surface area contributed by atoms with E-state index in [9.17, 15) is 22.8 Å². The van der Waals surface area contributed by atoms with Crippen molar-refractivity contribution in [2.45, 2.75) is 12.7 Å². The van der Waals surface area contributed by atoms with Crippen molar-refractivity contribution in [2.75, 3.05) is 5.32 Å². The Balaban J connectivity index is 1.48. The SMILES string of the molecule is O=C(Cn1c(=O)ncn1-c1ccc(C(F)(F)F)cc1)Nc1cccc(Oc2ccccc2)c1. The van der Waals surface area contributed by atoms with Gasteiger partial charge in [0.05, 0.1) is 11.3 Å². The molecule has 0 fully saturated rings. The van der Waals surface area contributed by atoms with Crippen LogP contribution >= 0.6 is 0 Å². The highest BCUT2D eigenvalue weighted by atomic mass is 19.4. The van der Waals surface area contributed by atoms with Crippen molar-refractivity contribution in [3.8, 4) is 17.2 Å². The van der Waals surface area contributed by atoms with Crippen LogP contribution in [-0.4, -0.2) is 20.3 Å². The van der Waals surface area contributed by atoms with Crippen LogP contribution in [0.25, 0.3) is 5.69 Å². The Bertz CT molecular complexity index is 1310. The molecule has 1 N–H and O–H groups in total. The van der Waals surface area contributed by atoms with E-state index in [-0.39, 0.29) is 5.69 Å². The summed E-state index contributed by atoms with van der Waals surface area (Å²) in [5.74, 6) is 0.613. The first kappa shape index (κ1) is 21.9. The number of para-hydroxylation sites is 1. The molecule has 4 rings (SSSR count). The van der Waals surface area contributed by atoms with Crippen LogP contribution in [0.5, 0.6) is 11.5 Å². The maximum atomic E-state index is 12.8. The minimum absolute atomic E-state index is 0.253. The van der Waals surface area contributed by atoms with Crippen molar-refractivity contribution in [1.29, 1.82) is 0 Å². The Hall–Kier alpha value is -4.34. The molecule has 4 aromatic rings. The predicted molar refractivity (Wildman–Crippen MR) is 114 cm³/mol. The van der Waals surface area contributed by atoms with Crippen LogP contribution in [-0.2, 0) is 17.5 Å². The number of ether oxygens (including phenoxy) is 1. The molecule has 0 aliphatic heterocycles. The standard InChI is InChI=1S/C23H17F3N4O3/c24-23(25,26)16-9-11-18(12-10-16)30-15-27-22(32)29(30)14-21(31)28-17-5-4-8-20(13-17)33-19-6-2-1-3-7-19/h1-13,15H,14H2,(H,28,31). The first-order valence-electron chi connectivity index (χ1n) is 9.74. The molecule has 0 saturated heterocycles. The molecule has 0 spiro atoms. The van der Waals surface area contributed by atoms with E-state index in [0.717, 1.165) is 23.1 Å². The highest BCUT2D eigenvalue weighted by Gasteiger charge is 2.30. The molecule has 0 aliphatic rings. The molecule has 10 heteroatoms. The molecular formula is C23H17F3N4O3. The van der Waals surface area contributed by atoms with Crippen LogP contribution in [0, 0.1) is 0 Å². The van der Waals surface area contributed by atoms with Crippen molar-refractivity contribution in [2.24, 2.45) is 0 Å². The molecule has 1 heterocycles. The van der Waals surface area contributed by atoms with Crippen molar-refractivity contribution in [3.63, 3.8) is 0 Å². The number of hydrogen-bond acceptors (Lipinski definition) is 4. The van der Waals surface area contributed by atoms with E-state index >= 15 is 0 Å². The molecule has 0 unspecified atom stereocenters. The number of nitrogens with one attached hydrogen (secondary N) is 1. The highest BCUT2D eigenvalue weighted by molar-refractivity contribution is 5.90. The van der Waals surface area contributed by atoms with Crippen LogP contribution < -0.4 is 15.7 Å². The molecule has 0 bridgehead atoms. The van der Waals surface area contributed by atoms with Crippen LogP contribution in [0.1, 0.15) is 5.56 Å². The number of anilines is 1. The van der Waals surface area contributed by atoms with E-state index in [1.165, 1.54) is 16.8 Å². The van der Waals surface area contributed by atoms with Crippen LogP contribution in [0.2, 0.25) is 0 Å². The van der Waals surface area contributed by atoms with Crippen molar-refractivity contribution >= 4 is 11.6 Å². The summed E-state index contributed by atoms with van der Waals surface area (Å²) >= 11 is 0.